The Labute approximate surface area is 199 Å². The molecule has 1 aromatic carbocycles. The molecule has 1 aliphatic carbocycles. The zero-order valence-electron chi connectivity index (χ0n) is 19.4. The second kappa shape index (κ2) is 8.80. The molecule has 1 saturated carbocycles. The van der Waals surface area contributed by atoms with Crippen molar-refractivity contribution in [3.8, 4) is 28.8 Å². The second-order valence-corrected chi connectivity index (χ2v) is 9.04. The molecular weight excluding hydrogens is 464 g/mol. The lowest BCUT2D eigenvalue weighted by molar-refractivity contribution is -0.0891. The number of hydrogen-bond donors (Lipinski definition) is 1. The van der Waals surface area contributed by atoms with Crippen molar-refractivity contribution < 1.29 is 27.0 Å². The summed E-state index contributed by atoms with van der Waals surface area (Å²) in [6.45, 7) is 4.31. The molecule has 6 nitrogen and oxygen atoms in total. The number of hydrogen-bond acceptors (Lipinski definition) is 5. The van der Waals surface area contributed by atoms with Crippen LogP contribution in [0.3, 0.4) is 0 Å². The molecule has 1 fully saturated rings. The van der Waals surface area contributed by atoms with Crippen LogP contribution in [0.15, 0.2) is 43.2 Å². The van der Waals surface area contributed by atoms with Gasteiger partial charge < -0.3 is 14.8 Å². The maximum Gasteiger partial charge on any atom is 0.387 e. The molecule has 0 bridgehead atoms. The van der Waals surface area contributed by atoms with E-state index in [4.69, 9.17) is 9.47 Å². The molecule has 0 atom stereocenters. The molecule has 1 aliphatic rings. The van der Waals surface area contributed by atoms with E-state index in [-0.39, 0.29) is 35.6 Å². The summed E-state index contributed by atoms with van der Waals surface area (Å²) in [5.74, 6) is -2.78. The first-order chi connectivity index (χ1) is 16.4. The number of benzene rings is 1. The van der Waals surface area contributed by atoms with Crippen LogP contribution in [0.2, 0.25) is 0 Å². The van der Waals surface area contributed by atoms with Gasteiger partial charge in [0.05, 0.1) is 36.0 Å². The first-order valence-electron chi connectivity index (χ1n) is 10.8. The zero-order valence-corrected chi connectivity index (χ0v) is 19.4. The Balaban J connectivity index is 1.76. The molecular formula is C25H24F4N4O2. The highest BCUT2D eigenvalue weighted by atomic mass is 19.3. The van der Waals surface area contributed by atoms with Gasteiger partial charge in [-0.05, 0) is 43.7 Å². The molecule has 2 aromatic heterocycles. The fourth-order valence-electron chi connectivity index (χ4n) is 4.11. The van der Waals surface area contributed by atoms with E-state index in [1.165, 1.54) is 13.2 Å². The molecule has 3 aromatic rings. The van der Waals surface area contributed by atoms with Crippen molar-refractivity contribution >= 4 is 11.3 Å². The molecule has 2 heterocycles. The topological polar surface area (TPSA) is 71.6 Å². The first kappa shape index (κ1) is 24.4. The first-order valence-corrected chi connectivity index (χ1v) is 10.8. The Morgan fingerprint density at radius 1 is 1.29 bits per heavy atom. The third-order valence-corrected chi connectivity index (χ3v) is 6.08. The van der Waals surface area contributed by atoms with E-state index in [9.17, 15) is 22.8 Å². The van der Waals surface area contributed by atoms with Gasteiger partial charge in [0.2, 0.25) is 0 Å². The number of nitrogens with zero attached hydrogens (tertiary/aromatic N) is 3. The third-order valence-electron chi connectivity index (χ3n) is 6.08. The Bertz CT molecular complexity index is 1320. The smallest absolute Gasteiger partial charge is 0.387 e. The summed E-state index contributed by atoms with van der Waals surface area (Å²) in [5.41, 5.74) is 1.95. The Hall–Kier alpha value is -3.74. The maximum atomic E-state index is 13.3. The quantitative estimate of drug-likeness (QED) is 0.408. The number of aromatic nitrogens is 2. The molecule has 35 heavy (non-hydrogen) atoms. The number of nitriles is 1. The van der Waals surface area contributed by atoms with Gasteiger partial charge in [0.25, 0.3) is 5.92 Å². The Morgan fingerprint density at radius 3 is 2.57 bits per heavy atom. The average molecular weight is 488 g/mol. The number of nitrogens with one attached hydrogen (secondary N) is 1. The van der Waals surface area contributed by atoms with Crippen LogP contribution < -0.4 is 14.8 Å². The van der Waals surface area contributed by atoms with Crippen molar-refractivity contribution in [2.24, 2.45) is 0 Å². The molecule has 0 aliphatic heterocycles. The molecule has 1 N–H and O–H groups in total. The number of pyridine rings is 1. The van der Waals surface area contributed by atoms with E-state index in [2.05, 4.69) is 22.9 Å². The number of ether oxygens (including phenoxy) is 2. The number of fused-ring (bicyclic) bond motifs is 1. The van der Waals surface area contributed by atoms with Crippen molar-refractivity contribution in [1.29, 1.82) is 5.26 Å². The summed E-state index contributed by atoms with van der Waals surface area (Å²) >= 11 is 0. The minimum absolute atomic E-state index is 0.124. The molecule has 0 unspecified atom stereocenters. The lowest BCUT2D eigenvalue weighted by atomic mass is 9.87. The van der Waals surface area contributed by atoms with Gasteiger partial charge in [0, 0.05) is 36.3 Å². The van der Waals surface area contributed by atoms with E-state index in [1.807, 2.05) is 0 Å². The fourth-order valence-corrected chi connectivity index (χ4v) is 4.11. The lowest BCUT2D eigenvalue weighted by Crippen LogP contribution is -2.47. The van der Waals surface area contributed by atoms with Crippen LogP contribution in [0.4, 0.5) is 17.6 Å². The SMILES string of the molecule is C=C(NC1CC(F)(F)C1)c1c(OC)cc(-c2cnc3cc(C(C)(C)C#N)ccn23)cc1OC(F)F. The number of rotatable bonds is 8. The van der Waals surface area contributed by atoms with E-state index in [1.54, 1.807) is 48.8 Å². The van der Waals surface area contributed by atoms with Gasteiger partial charge in [-0.2, -0.15) is 14.0 Å². The molecule has 0 spiro atoms. The van der Waals surface area contributed by atoms with Crippen LogP contribution in [0.5, 0.6) is 11.5 Å². The number of alkyl halides is 4. The van der Waals surface area contributed by atoms with Gasteiger partial charge in [-0.15, -0.1) is 0 Å². The minimum Gasteiger partial charge on any atom is -0.496 e. The molecule has 0 saturated heterocycles. The summed E-state index contributed by atoms with van der Waals surface area (Å²) in [7, 11) is 1.37. The van der Waals surface area contributed by atoms with Crippen LogP contribution in [-0.2, 0) is 5.41 Å². The Morgan fingerprint density at radius 2 is 1.97 bits per heavy atom. The third kappa shape index (κ3) is 4.76. The molecule has 10 heteroatoms. The average Bonchev–Trinajstić information content (AvgIpc) is 3.20. The van der Waals surface area contributed by atoms with Gasteiger partial charge in [-0.25, -0.2) is 13.8 Å². The van der Waals surface area contributed by atoms with Gasteiger partial charge in [-0.1, -0.05) is 6.58 Å². The summed E-state index contributed by atoms with van der Waals surface area (Å²) in [5, 5.41) is 12.3. The summed E-state index contributed by atoms with van der Waals surface area (Å²) in [4.78, 5) is 4.40. The van der Waals surface area contributed by atoms with Crippen LogP contribution >= 0.6 is 0 Å². The highest BCUT2D eigenvalue weighted by Gasteiger charge is 2.45. The van der Waals surface area contributed by atoms with Crippen LogP contribution in [0.25, 0.3) is 22.6 Å². The number of imidazole rings is 1. The van der Waals surface area contributed by atoms with Crippen molar-refractivity contribution in [3.05, 3.63) is 54.4 Å². The normalized spacial score (nSPS) is 15.5. The Kier molecular flexibility index (Phi) is 6.13. The highest BCUT2D eigenvalue weighted by molar-refractivity contribution is 5.79. The fraction of sp³-hybridized carbons (Fsp3) is 0.360. The van der Waals surface area contributed by atoms with Crippen molar-refractivity contribution in [2.45, 2.75) is 50.7 Å². The minimum atomic E-state index is -3.13. The molecule has 184 valence electrons. The van der Waals surface area contributed by atoms with Gasteiger partial charge in [0.15, 0.2) is 0 Å². The van der Waals surface area contributed by atoms with Crippen LogP contribution in [-0.4, -0.2) is 35.1 Å². The molecule has 4 rings (SSSR count). The monoisotopic (exact) mass is 488 g/mol. The number of halogens is 4. The largest absolute Gasteiger partial charge is 0.496 e. The second-order valence-electron chi connectivity index (χ2n) is 9.04. The highest BCUT2D eigenvalue weighted by Crippen LogP contribution is 2.42. The summed E-state index contributed by atoms with van der Waals surface area (Å²) in [6.07, 6.45) is 2.58. The van der Waals surface area contributed by atoms with E-state index < -0.39 is 24.0 Å². The standard InChI is InChI=1S/C25H24F4N4O2/c1-14(32-17-10-25(28,29)11-17)22-19(34-4)7-15(8-20(22)35-23(26)27)18-12-31-21-9-16(5-6-33(18)21)24(2,3)13-30/h5-9,12,17,23,32H,1,10-11H2,2-4H3. The predicted octanol–water partition coefficient (Wildman–Crippen LogP) is 5.77. The van der Waals surface area contributed by atoms with Gasteiger partial charge in [-0.3, -0.25) is 4.40 Å². The van der Waals surface area contributed by atoms with E-state index in [0.29, 0.717) is 16.9 Å². The van der Waals surface area contributed by atoms with Gasteiger partial charge in [0.1, 0.15) is 17.1 Å². The van der Waals surface area contributed by atoms with Crippen molar-refractivity contribution in [1.82, 2.24) is 14.7 Å². The summed E-state index contributed by atoms with van der Waals surface area (Å²) < 4.78 is 65.1. The number of methoxy groups -OCH3 is 1. The van der Waals surface area contributed by atoms with Gasteiger partial charge >= 0.3 is 6.61 Å². The van der Waals surface area contributed by atoms with Crippen LogP contribution in [0, 0.1) is 11.3 Å². The van der Waals surface area contributed by atoms with Crippen molar-refractivity contribution in [3.63, 3.8) is 0 Å². The predicted molar refractivity (Wildman–Crippen MR) is 123 cm³/mol. The zero-order chi connectivity index (χ0) is 25.5. The lowest BCUT2D eigenvalue weighted by Gasteiger charge is -2.36. The summed E-state index contributed by atoms with van der Waals surface area (Å²) in [6, 6.07) is 8.32. The van der Waals surface area contributed by atoms with E-state index in [0.717, 1.165) is 5.56 Å². The maximum absolute atomic E-state index is 13.3. The van der Waals surface area contributed by atoms with Crippen molar-refractivity contribution in [2.75, 3.05) is 7.11 Å². The molecule has 0 radical (unpaired) electrons. The molecule has 0 amide bonds. The van der Waals surface area contributed by atoms with Crippen LogP contribution in [0.1, 0.15) is 37.8 Å². The van der Waals surface area contributed by atoms with E-state index >= 15 is 0 Å².